The number of nitrogens with two attached hydrogens (primary N) is 1. The molecule has 1 atom stereocenters. The molecule has 0 aromatic rings. The number of carbonyl (C=O) groups excluding carboxylic acids is 2. The molecule has 0 radical (unpaired) electrons. The first-order valence-electron chi connectivity index (χ1n) is 3.28. The number of primary amides is 1. The maximum Gasteiger partial charge on any atom is 0.244 e. The topological polar surface area (TPSA) is 101 Å². The fourth-order valence-corrected chi connectivity index (χ4v) is 0.517. The highest BCUT2D eigenvalue weighted by molar-refractivity contribution is 5.98. The molecule has 5 heteroatoms. The summed E-state index contributed by atoms with van der Waals surface area (Å²) in [4.78, 5) is 21.2. The van der Waals surface area contributed by atoms with Crippen molar-refractivity contribution in [1.82, 2.24) is 0 Å². The van der Waals surface area contributed by atoms with E-state index in [1.165, 1.54) is 0 Å². The summed E-state index contributed by atoms with van der Waals surface area (Å²) in [5.41, 5.74) is 4.71. The molecular formula is C7H11NO4. The van der Waals surface area contributed by atoms with Crippen LogP contribution in [0.3, 0.4) is 0 Å². The van der Waals surface area contributed by atoms with Gasteiger partial charge in [0.15, 0.2) is 5.78 Å². The Labute approximate surface area is 69.5 Å². The van der Waals surface area contributed by atoms with Crippen LogP contribution in [0.25, 0.3) is 0 Å². The third-order valence-corrected chi connectivity index (χ3v) is 1.28. The predicted molar refractivity (Wildman–Crippen MR) is 41.1 cm³/mol. The van der Waals surface area contributed by atoms with E-state index in [2.05, 4.69) is 6.58 Å². The summed E-state index contributed by atoms with van der Waals surface area (Å²) >= 11 is 0. The lowest BCUT2D eigenvalue weighted by atomic mass is 10.1. The number of rotatable bonds is 5. The third-order valence-electron chi connectivity index (χ3n) is 1.28. The first-order valence-corrected chi connectivity index (χ1v) is 3.28. The van der Waals surface area contributed by atoms with E-state index >= 15 is 0 Å². The molecule has 0 aromatic heterocycles. The zero-order valence-electron chi connectivity index (χ0n) is 6.49. The fraction of sp³-hybridized carbons (Fsp3) is 0.429. The van der Waals surface area contributed by atoms with Crippen LogP contribution in [0.4, 0.5) is 0 Å². The number of carbonyl (C=O) groups is 2. The summed E-state index contributed by atoms with van der Waals surface area (Å²) in [6.07, 6.45) is -1.78. The molecule has 12 heavy (non-hydrogen) atoms. The minimum absolute atomic E-state index is 0.0764. The van der Waals surface area contributed by atoms with Gasteiger partial charge in [-0.1, -0.05) is 6.58 Å². The van der Waals surface area contributed by atoms with Crippen LogP contribution in [-0.2, 0) is 9.59 Å². The summed E-state index contributed by atoms with van der Waals surface area (Å²) in [7, 11) is 0. The lowest BCUT2D eigenvalue weighted by Gasteiger charge is -2.05. The van der Waals surface area contributed by atoms with Crippen LogP contribution in [0, 0.1) is 0 Å². The minimum atomic E-state index is -1.46. The van der Waals surface area contributed by atoms with Crippen molar-refractivity contribution >= 4 is 11.7 Å². The van der Waals surface area contributed by atoms with Gasteiger partial charge in [-0.2, -0.15) is 0 Å². The zero-order valence-corrected chi connectivity index (χ0v) is 6.49. The van der Waals surface area contributed by atoms with Crippen molar-refractivity contribution in [2.75, 3.05) is 6.61 Å². The van der Waals surface area contributed by atoms with Crippen molar-refractivity contribution in [2.45, 2.75) is 12.5 Å². The molecule has 4 N–H and O–H groups in total. The van der Waals surface area contributed by atoms with Crippen LogP contribution in [0.1, 0.15) is 6.42 Å². The number of aliphatic hydroxyl groups excluding tert-OH is 2. The zero-order chi connectivity index (χ0) is 9.72. The minimum Gasteiger partial charge on any atom is -0.393 e. The van der Waals surface area contributed by atoms with E-state index < -0.39 is 24.4 Å². The third kappa shape index (κ3) is 3.27. The monoisotopic (exact) mass is 173 g/mol. The molecule has 0 aromatic carbocycles. The molecule has 0 aliphatic heterocycles. The predicted octanol–water partition coefficient (Wildman–Crippen LogP) is -1.66. The summed E-state index contributed by atoms with van der Waals surface area (Å²) in [5.74, 6) is -1.45. The Hall–Kier alpha value is -1.20. The van der Waals surface area contributed by atoms with Crippen molar-refractivity contribution in [3.63, 3.8) is 0 Å². The van der Waals surface area contributed by atoms with Crippen LogP contribution in [0.15, 0.2) is 12.2 Å². The van der Waals surface area contributed by atoms with Crippen molar-refractivity contribution < 1.29 is 19.8 Å². The van der Waals surface area contributed by atoms with Gasteiger partial charge in [0.05, 0.1) is 6.61 Å². The molecule has 0 fully saturated rings. The van der Waals surface area contributed by atoms with Crippen molar-refractivity contribution in [3.8, 4) is 0 Å². The quantitative estimate of drug-likeness (QED) is 0.433. The van der Waals surface area contributed by atoms with E-state index in [1.807, 2.05) is 0 Å². The summed E-state index contributed by atoms with van der Waals surface area (Å²) in [5, 5.41) is 17.1. The molecule has 5 nitrogen and oxygen atoms in total. The van der Waals surface area contributed by atoms with Crippen LogP contribution in [0.2, 0.25) is 0 Å². The molecular weight excluding hydrogens is 162 g/mol. The van der Waals surface area contributed by atoms with Gasteiger partial charge < -0.3 is 15.9 Å². The fourth-order valence-electron chi connectivity index (χ4n) is 0.517. The molecule has 0 spiro atoms. The van der Waals surface area contributed by atoms with Gasteiger partial charge in [-0.15, -0.1) is 0 Å². The Kier molecular flexibility index (Phi) is 4.17. The first kappa shape index (κ1) is 10.8. The average molecular weight is 173 g/mol. The largest absolute Gasteiger partial charge is 0.393 e. The van der Waals surface area contributed by atoms with Gasteiger partial charge in [0.25, 0.3) is 0 Å². The van der Waals surface area contributed by atoms with Crippen molar-refractivity contribution in [1.29, 1.82) is 0 Å². The Bertz CT molecular complexity index is 211. The normalized spacial score (nSPS) is 12.2. The van der Waals surface area contributed by atoms with E-state index in [0.717, 1.165) is 0 Å². The van der Waals surface area contributed by atoms with Crippen LogP contribution in [-0.4, -0.2) is 34.6 Å². The van der Waals surface area contributed by atoms with Crippen LogP contribution >= 0.6 is 0 Å². The number of amides is 1. The molecule has 0 bridgehead atoms. The molecule has 0 aliphatic rings. The van der Waals surface area contributed by atoms with Gasteiger partial charge in [-0.3, -0.25) is 9.59 Å². The molecule has 0 heterocycles. The molecule has 0 saturated heterocycles. The maximum absolute atomic E-state index is 10.8. The highest BCUT2D eigenvalue weighted by Crippen LogP contribution is 2.00. The molecule has 0 rings (SSSR count). The standard InChI is InChI=1S/C7H11NO4/c1-4(7(8)12)2-5(10)6(11)3-9/h6,9,11H,1-3H2,(H2,8,12). The number of hydrogen-bond donors (Lipinski definition) is 3. The number of Topliss-reactive ketones (excluding diaryl/α,β-unsaturated/α-hetero) is 1. The number of hydrogen-bond acceptors (Lipinski definition) is 4. The van der Waals surface area contributed by atoms with E-state index in [4.69, 9.17) is 15.9 Å². The average Bonchev–Trinajstić information content (AvgIpc) is 2.02. The Balaban J connectivity index is 4.01. The Morgan fingerprint density at radius 2 is 2.00 bits per heavy atom. The molecule has 1 unspecified atom stereocenters. The summed E-state index contributed by atoms with van der Waals surface area (Å²) in [6.45, 7) is 2.56. The number of aliphatic hydroxyl groups is 2. The summed E-state index contributed by atoms with van der Waals surface area (Å²) in [6, 6.07) is 0. The van der Waals surface area contributed by atoms with E-state index in [9.17, 15) is 9.59 Å². The molecule has 1 amide bonds. The van der Waals surface area contributed by atoms with Crippen molar-refractivity contribution in [3.05, 3.63) is 12.2 Å². The second-order valence-corrected chi connectivity index (χ2v) is 2.31. The first-order chi connectivity index (χ1) is 5.49. The second kappa shape index (κ2) is 4.63. The van der Waals surface area contributed by atoms with Gasteiger partial charge in [0.1, 0.15) is 6.10 Å². The van der Waals surface area contributed by atoms with E-state index in [1.54, 1.807) is 0 Å². The Morgan fingerprint density at radius 3 is 2.33 bits per heavy atom. The number of ketones is 1. The van der Waals surface area contributed by atoms with Gasteiger partial charge in [0.2, 0.25) is 5.91 Å². The SMILES string of the molecule is C=C(CC(=O)C(O)CO)C(N)=O. The highest BCUT2D eigenvalue weighted by Gasteiger charge is 2.16. The van der Waals surface area contributed by atoms with E-state index in [0.29, 0.717) is 0 Å². The maximum atomic E-state index is 10.8. The van der Waals surface area contributed by atoms with Gasteiger partial charge >= 0.3 is 0 Å². The second-order valence-electron chi connectivity index (χ2n) is 2.31. The lowest BCUT2D eigenvalue weighted by Crippen LogP contribution is -2.26. The van der Waals surface area contributed by atoms with Gasteiger partial charge in [-0.25, -0.2) is 0 Å². The van der Waals surface area contributed by atoms with E-state index in [-0.39, 0.29) is 12.0 Å². The van der Waals surface area contributed by atoms with Gasteiger partial charge in [0, 0.05) is 12.0 Å². The lowest BCUT2D eigenvalue weighted by molar-refractivity contribution is -0.129. The van der Waals surface area contributed by atoms with Crippen molar-refractivity contribution in [2.24, 2.45) is 5.73 Å². The Morgan fingerprint density at radius 1 is 1.50 bits per heavy atom. The van der Waals surface area contributed by atoms with Crippen LogP contribution < -0.4 is 5.73 Å². The smallest absolute Gasteiger partial charge is 0.244 e. The highest BCUT2D eigenvalue weighted by atomic mass is 16.3. The molecule has 0 saturated carbocycles. The molecule has 68 valence electrons. The molecule has 0 aliphatic carbocycles. The summed E-state index contributed by atoms with van der Waals surface area (Å²) < 4.78 is 0. The van der Waals surface area contributed by atoms with Gasteiger partial charge in [-0.05, 0) is 0 Å². The van der Waals surface area contributed by atoms with Crippen LogP contribution in [0.5, 0.6) is 0 Å².